The SMILES string of the molecule is O=C(CSc1nc(O)c(Cc2ccc(F)cc2)c(=O)[nH]1)Nc1cccc2ccccc12. The summed E-state index contributed by atoms with van der Waals surface area (Å²) in [5, 5.41) is 15.1. The normalized spacial score (nSPS) is 10.9. The number of nitrogens with one attached hydrogen (secondary N) is 2. The van der Waals surface area contributed by atoms with Crippen LogP contribution in [-0.4, -0.2) is 26.7 Å². The molecule has 0 saturated heterocycles. The molecule has 1 amide bonds. The molecule has 0 aliphatic carbocycles. The van der Waals surface area contributed by atoms with Crippen molar-refractivity contribution < 1.29 is 14.3 Å². The molecule has 0 bridgehead atoms. The summed E-state index contributed by atoms with van der Waals surface area (Å²) in [6.45, 7) is 0. The highest BCUT2D eigenvalue weighted by molar-refractivity contribution is 7.99. The van der Waals surface area contributed by atoms with E-state index in [4.69, 9.17) is 0 Å². The lowest BCUT2D eigenvalue weighted by atomic mass is 10.1. The van der Waals surface area contributed by atoms with Gasteiger partial charge in [0.2, 0.25) is 11.8 Å². The fourth-order valence-electron chi connectivity index (χ4n) is 3.15. The Bertz CT molecular complexity index is 1300. The van der Waals surface area contributed by atoms with Crippen LogP contribution in [0.5, 0.6) is 5.88 Å². The van der Waals surface area contributed by atoms with Crippen LogP contribution in [0.1, 0.15) is 11.1 Å². The Morgan fingerprint density at radius 1 is 1.06 bits per heavy atom. The van der Waals surface area contributed by atoms with Crippen LogP contribution in [0.2, 0.25) is 0 Å². The zero-order valence-electron chi connectivity index (χ0n) is 16.3. The Hall–Kier alpha value is -3.65. The summed E-state index contributed by atoms with van der Waals surface area (Å²) in [5.41, 5.74) is 0.937. The zero-order chi connectivity index (χ0) is 21.8. The van der Waals surface area contributed by atoms with E-state index in [1.165, 1.54) is 24.3 Å². The van der Waals surface area contributed by atoms with Crippen molar-refractivity contribution in [2.24, 2.45) is 0 Å². The molecular weight excluding hydrogens is 417 g/mol. The second kappa shape index (κ2) is 9.01. The largest absolute Gasteiger partial charge is 0.493 e. The first-order valence-electron chi connectivity index (χ1n) is 9.46. The van der Waals surface area contributed by atoms with Crippen molar-refractivity contribution in [1.29, 1.82) is 0 Å². The maximum Gasteiger partial charge on any atom is 0.258 e. The van der Waals surface area contributed by atoms with Crippen LogP contribution >= 0.6 is 11.8 Å². The molecule has 31 heavy (non-hydrogen) atoms. The highest BCUT2D eigenvalue weighted by Gasteiger charge is 2.14. The molecule has 4 rings (SSSR count). The highest BCUT2D eigenvalue weighted by atomic mass is 32.2. The van der Waals surface area contributed by atoms with E-state index in [1.807, 2.05) is 42.5 Å². The van der Waals surface area contributed by atoms with Gasteiger partial charge in [-0.1, -0.05) is 60.3 Å². The number of aromatic amines is 1. The number of aromatic nitrogens is 2. The predicted octanol–water partition coefficient (Wildman–Crippen LogP) is 4.09. The molecule has 0 fully saturated rings. The Morgan fingerprint density at radius 3 is 2.58 bits per heavy atom. The lowest BCUT2D eigenvalue weighted by molar-refractivity contribution is -0.113. The van der Waals surface area contributed by atoms with Crippen LogP contribution in [0.3, 0.4) is 0 Å². The molecule has 0 unspecified atom stereocenters. The lowest BCUT2D eigenvalue weighted by Gasteiger charge is -2.09. The van der Waals surface area contributed by atoms with Gasteiger partial charge in [0.1, 0.15) is 5.82 Å². The minimum atomic E-state index is -0.506. The number of thioether (sulfide) groups is 1. The number of aromatic hydroxyl groups is 1. The second-order valence-corrected chi connectivity index (χ2v) is 7.80. The fraction of sp³-hybridized carbons (Fsp3) is 0.0870. The number of fused-ring (bicyclic) bond motifs is 1. The molecule has 156 valence electrons. The number of carbonyl (C=O) groups is 1. The fourth-order valence-corrected chi connectivity index (χ4v) is 3.81. The maximum absolute atomic E-state index is 13.0. The quantitative estimate of drug-likeness (QED) is 0.313. The first-order chi connectivity index (χ1) is 15.0. The molecule has 8 heteroatoms. The van der Waals surface area contributed by atoms with E-state index in [0.29, 0.717) is 11.3 Å². The highest BCUT2D eigenvalue weighted by Crippen LogP contribution is 2.24. The summed E-state index contributed by atoms with van der Waals surface area (Å²) < 4.78 is 13.0. The van der Waals surface area contributed by atoms with Crippen LogP contribution in [0.25, 0.3) is 10.8 Å². The van der Waals surface area contributed by atoms with Gasteiger partial charge in [0.25, 0.3) is 5.56 Å². The molecule has 1 aromatic heterocycles. The predicted molar refractivity (Wildman–Crippen MR) is 119 cm³/mol. The van der Waals surface area contributed by atoms with Gasteiger partial charge in [0.05, 0.1) is 11.3 Å². The molecule has 3 N–H and O–H groups in total. The first-order valence-corrected chi connectivity index (χ1v) is 10.4. The number of anilines is 1. The van der Waals surface area contributed by atoms with Gasteiger partial charge in [-0.3, -0.25) is 9.59 Å². The van der Waals surface area contributed by atoms with E-state index in [0.717, 1.165) is 22.5 Å². The number of halogens is 1. The molecule has 6 nitrogen and oxygen atoms in total. The topological polar surface area (TPSA) is 95.1 Å². The Labute approximate surface area is 181 Å². The van der Waals surface area contributed by atoms with Gasteiger partial charge in [-0.05, 0) is 29.1 Å². The second-order valence-electron chi connectivity index (χ2n) is 6.84. The number of nitrogens with zero attached hydrogens (tertiary/aromatic N) is 1. The number of rotatable bonds is 6. The molecule has 0 spiro atoms. The van der Waals surface area contributed by atoms with Crippen LogP contribution in [0.15, 0.2) is 76.7 Å². The summed E-state index contributed by atoms with van der Waals surface area (Å²) in [6.07, 6.45) is 0.112. The lowest BCUT2D eigenvalue weighted by Crippen LogP contribution is -2.17. The van der Waals surface area contributed by atoms with Gasteiger partial charge >= 0.3 is 0 Å². The van der Waals surface area contributed by atoms with E-state index in [2.05, 4.69) is 15.3 Å². The summed E-state index contributed by atoms with van der Waals surface area (Å²) in [4.78, 5) is 31.3. The standard InChI is InChI=1S/C23H18FN3O3S/c24-16-10-8-14(9-11-16)12-18-21(29)26-23(27-22(18)30)31-13-20(28)25-19-7-3-5-15-4-1-2-6-17(15)19/h1-11H,12-13H2,(H,25,28)(H2,26,27,29,30). The van der Waals surface area contributed by atoms with Gasteiger partial charge in [-0.15, -0.1) is 0 Å². The molecule has 3 aromatic carbocycles. The summed E-state index contributed by atoms with van der Waals surface area (Å²) >= 11 is 1.01. The number of hydrogen-bond donors (Lipinski definition) is 3. The van der Waals surface area contributed by atoms with Crippen molar-refractivity contribution in [1.82, 2.24) is 9.97 Å². The number of amides is 1. The molecule has 1 heterocycles. The van der Waals surface area contributed by atoms with E-state index in [9.17, 15) is 19.1 Å². The Balaban J connectivity index is 1.43. The van der Waals surface area contributed by atoms with Gasteiger partial charge in [0, 0.05) is 17.5 Å². The monoisotopic (exact) mass is 435 g/mol. The third-order valence-corrected chi connectivity index (χ3v) is 5.54. The number of hydrogen-bond acceptors (Lipinski definition) is 5. The van der Waals surface area contributed by atoms with Crippen molar-refractivity contribution in [3.05, 3.63) is 94.0 Å². The maximum atomic E-state index is 13.0. The molecule has 4 aromatic rings. The Kier molecular flexibility index (Phi) is 5.99. The van der Waals surface area contributed by atoms with E-state index >= 15 is 0 Å². The number of benzene rings is 3. The molecule has 0 aliphatic heterocycles. The molecular formula is C23H18FN3O3S. The van der Waals surface area contributed by atoms with Crippen LogP contribution in [0, 0.1) is 5.82 Å². The number of carbonyl (C=O) groups excluding carboxylic acids is 1. The average Bonchev–Trinajstić information content (AvgIpc) is 2.76. The minimum Gasteiger partial charge on any atom is -0.493 e. The van der Waals surface area contributed by atoms with Gasteiger partial charge < -0.3 is 15.4 Å². The van der Waals surface area contributed by atoms with E-state index in [1.54, 1.807) is 0 Å². The van der Waals surface area contributed by atoms with Crippen molar-refractivity contribution in [2.75, 3.05) is 11.1 Å². The minimum absolute atomic E-state index is 0.00289. The molecule has 0 radical (unpaired) electrons. The first kappa shape index (κ1) is 20.6. The number of H-pyrrole nitrogens is 1. The van der Waals surface area contributed by atoms with Crippen LogP contribution in [-0.2, 0) is 11.2 Å². The van der Waals surface area contributed by atoms with Gasteiger partial charge in [-0.25, -0.2) is 4.39 Å². The summed E-state index contributed by atoms with van der Waals surface area (Å²) in [6, 6.07) is 19.0. The van der Waals surface area contributed by atoms with Crippen molar-refractivity contribution >= 4 is 34.1 Å². The van der Waals surface area contributed by atoms with Crippen molar-refractivity contribution in [2.45, 2.75) is 11.6 Å². The van der Waals surface area contributed by atoms with Crippen LogP contribution < -0.4 is 10.9 Å². The van der Waals surface area contributed by atoms with Gasteiger partial charge in [-0.2, -0.15) is 4.98 Å². The van der Waals surface area contributed by atoms with E-state index < -0.39 is 11.4 Å². The smallest absolute Gasteiger partial charge is 0.258 e. The van der Waals surface area contributed by atoms with Crippen LogP contribution in [0.4, 0.5) is 10.1 Å². The summed E-state index contributed by atoms with van der Waals surface area (Å²) in [7, 11) is 0. The molecule has 0 aliphatic rings. The summed E-state index contributed by atoms with van der Waals surface area (Å²) in [5.74, 6) is -1.06. The van der Waals surface area contributed by atoms with Gasteiger partial charge in [0.15, 0.2) is 5.16 Å². The van der Waals surface area contributed by atoms with E-state index in [-0.39, 0.29) is 34.6 Å². The molecule has 0 saturated carbocycles. The Morgan fingerprint density at radius 2 is 1.81 bits per heavy atom. The molecule has 0 atom stereocenters. The third-order valence-electron chi connectivity index (χ3n) is 4.67. The van der Waals surface area contributed by atoms with Crippen molar-refractivity contribution in [3.63, 3.8) is 0 Å². The average molecular weight is 435 g/mol. The third kappa shape index (κ3) is 4.92. The van der Waals surface area contributed by atoms with Crippen molar-refractivity contribution in [3.8, 4) is 5.88 Å². The zero-order valence-corrected chi connectivity index (χ0v) is 17.1.